The van der Waals surface area contributed by atoms with Crippen molar-refractivity contribution in [3.8, 4) is 34.2 Å². The molecule has 0 aliphatic rings. The van der Waals surface area contributed by atoms with Gasteiger partial charge < -0.3 is 8.83 Å². The Kier molecular flexibility index (Phi) is 5.56. The van der Waals surface area contributed by atoms with Crippen LogP contribution in [-0.2, 0) is 0 Å². The minimum Gasteiger partial charge on any atom is -0.456 e. The van der Waals surface area contributed by atoms with Crippen LogP contribution < -0.4 is 0 Å². The smallest absolute Gasteiger partial charge is 0.164 e. The minimum absolute atomic E-state index is 0.583. The van der Waals surface area contributed by atoms with Crippen LogP contribution in [0.4, 0.5) is 0 Å². The molecule has 0 N–H and O–H groups in total. The Morgan fingerprint density at radius 1 is 0.383 bits per heavy atom. The number of rotatable bonds is 3. The highest BCUT2D eigenvalue weighted by atomic mass is 35.5. The highest BCUT2D eigenvalue weighted by molar-refractivity contribution is 6.32. The Morgan fingerprint density at radius 3 is 1.77 bits per heavy atom. The topological polar surface area (TPSA) is 65.0 Å². The third-order valence-corrected chi connectivity index (χ3v) is 9.19. The molecule has 0 radical (unpaired) electrons. The van der Waals surface area contributed by atoms with Crippen LogP contribution >= 0.6 is 11.6 Å². The van der Waals surface area contributed by atoms with Gasteiger partial charge in [-0.05, 0) is 82.2 Å². The highest BCUT2D eigenvalue weighted by Gasteiger charge is 2.17. The summed E-state index contributed by atoms with van der Waals surface area (Å²) < 4.78 is 12.3. The van der Waals surface area contributed by atoms with Gasteiger partial charge in [-0.25, -0.2) is 15.0 Å². The Balaban J connectivity index is 1.22. The molecule has 10 rings (SSSR count). The first-order valence-electron chi connectivity index (χ1n) is 15.4. The maximum atomic E-state index is 6.43. The third kappa shape index (κ3) is 4.21. The number of nitrogens with zero attached hydrogens (tertiary/aromatic N) is 3. The molecule has 7 aromatic carbocycles. The third-order valence-electron chi connectivity index (χ3n) is 8.95. The number of hydrogen-bond acceptors (Lipinski definition) is 5. The number of furan rings is 2. The van der Waals surface area contributed by atoms with Crippen LogP contribution in [-0.4, -0.2) is 15.0 Å². The summed E-state index contributed by atoms with van der Waals surface area (Å²) in [5.74, 6) is 1.77. The van der Waals surface area contributed by atoms with Crippen LogP contribution in [0.25, 0.3) is 99.6 Å². The molecular weight excluding hydrogens is 602 g/mol. The number of benzene rings is 7. The summed E-state index contributed by atoms with van der Waals surface area (Å²) >= 11 is 6.43. The van der Waals surface area contributed by atoms with E-state index in [1.165, 1.54) is 0 Å². The summed E-state index contributed by atoms with van der Waals surface area (Å²) in [6.45, 7) is 0. The normalized spacial score (nSPS) is 11.9. The Labute approximate surface area is 272 Å². The van der Waals surface area contributed by atoms with E-state index in [0.29, 0.717) is 22.5 Å². The van der Waals surface area contributed by atoms with Crippen LogP contribution in [0.1, 0.15) is 0 Å². The van der Waals surface area contributed by atoms with E-state index in [1.807, 2.05) is 66.7 Å². The van der Waals surface area contributed by atoms with Crippen molar-refractivity contribution in [1.82, 2.24) is 15.0 Å². The number of aromatic nitrogens is 3. The van der Waals surface area contributed by atoms with Crippen molar-refractivity contribution in [3.63, 3.8) is 0 Å². The van der Waals surface area contributed by atoms with Gasteiger partial charge in [0.25, 0.3) is 0 Å². The molecule has 0 aliphatic carbocycles. The molecule has 3 heterocycles. The van der Waals surface area contributed by atoms with Crippen molar-refractivity contribution in [1.29, 1.82) is 0 Å². The second-order valence-electron chi connectivity index (χ2n) is 11.8. The van der Waals surface area contributed by atoms with Crippen LogP contribution in [0.3, 0.4) is 0 Å². The Morgan fingerprint density at radius 2 is 0.936 bits per heavy atom. The van der Waals surface area contributed by atoms with Gasteiger partial charge in [-0.2, -0.15) is 0 Å². The maximum absolute atomic E-state index is 6.43. The first-order chi connectivity index (χ1) is 23.1. The van der Waals surface area contributed by atoms with E-state index in [0.717, 1.165) is 82.1 Å². The zero-order valence-electron chi connectivity index (χ0n) is 24.7. The fourth-order valence-electron chi connectivity index (χ4n) is 6.66. The lowest BCUT2D eigenvalue weighted by Crippen LogP contribution is -2.00. The molecule has 0 saturated heterocycles. The maximum Gasteiger partial charge on any atom is 0.164 e. The van der Waals surface area contributed by atoms with Gasteiger partial charge in [0.15, 0.2) is 17.5 Å². The lowest BCUT2D eigenvalue weighted by atomic mass is 10.0. The Hall–Kier alpha value is -6.04. The molecule has 0 aliphatic heterocycles. The molecule has 6 heteroatoms. The fraction of sp³-hybridized carbons (Fsp3) is 0. The van der Waals surface area contributed by atoms with Crippen molar-refractivity contribution in [2.45, 2.75) is 0 Å². The second kappa shape index (κ2) is 9.98. The van der Waals surface area contributed by atoms with E-state index in [1.54, 1.807) is 0 Å². The lowest BCUT2D eigenvalue weighted by molar-refractivity contribution is 0.668. The van der Waals surface area contributed by atoms with Gasteiger partial charge >= 0.3 is 0 Å². The van der Waals surface area contributed by atoms with E-state index in [9.17, 15) is 0 Å². The summed E-state index contributed by atoms with van der Waals surface area (Å²) in [5.41, 5.74) is 5.96. The van der Waals surface area contributed by atoms with Gasteiger partial charge in [0.1, 0.15) is 22.3 Å². The second-order valence-corrected chi connectivity index (χ2v) is 12.2. The van der Waals surface area contributed by atoms with Crippen molar-refractivity contribution in [2.75, 3.05) is 0 Å². The molecule has 3 aromatic heterocycles. The van der Waals surface area contributed by atoms with Gasteiger partial charge in [-0.3, -0.25) is 0 Å². The molecule has 5 nitrogen and oxygen atoms in total. The van der Waals surface area contributed by atoms with Gasteiger partial charge in [-0.1, -0.05) is 84.4 Å². The number of hydrogen-bond donors (Lipinski definition) is 0. The fourth-order valence-corrected chi connectivity index (χ4v) is 6.84. The molecule has 0 unspecified atom stereocenters. The molecule has 0 atom stereocenters. The molecule has 0 amide bonds. The minimum atomic E-state index is 0.583. The first kappa shape index (κ1) is 26.2. The van der Waals surface area contributed by atoms with Crippen LogP contribution in [0.15, 0.2) is 142 Å². The average Bonchev–Trinajstić information content (AvgIpc) is 3.69. The van der Waals surface area contributed by atoms with Gasteiger partial charge in [-0.15, -0.1) is 0 Å². The van der Waals surface area contributed by atoms with E-state index in [4.69, 9.17) is 35.4 Å². The van der Waals surface area contributed by atoms with Gasteiger partial charge in [0, 0.05) is 43.3 Å². The molecule has 0 fully saturated rings. The van der Waals surface area contributed by atoms with Crippen molar-refractivity contribution < 1.29 is 8.83 Å². The van der Waals surface area contributed by atoms with Crippen molar-refractivity contribution >= 4 is 77.0 Å². The molecule has 0 bridgehead atoms. The van der Waals surface area contributed by atoms with Gasteiger partial charge in [0.05, 0.1) is 0 Å². The average molecular weight is 624 g/mol. The summed E-state index contributed by atoms with van der Waals surface area (Å²) in [6.07, 6.45) is 0. The summed E-state index contributed by atoms with van der Waals surface area (Å²) in [7, 11) is 0. The van der Waals surface area contributed by atoms with Gasteiger partial charge in [0.2, 0.25) is 0 Å². The van der Waals surface area contributed by atoms with Crippen molar-refractivity contribution in [3.05, 3.63) is 138 Å². The summed E-state index contributed by atoms with van der Waals surface area (Å²) in [5, 5.41) is 9.15. The van der Waals surface area contributed by atoms with Crippen LogP contribution in [0.5, 0.6) is 0 Å². The molecule has 10 aromatic rings. The van der Waals surface area contributed by atoms with E-state index in [-0.39, 0.29) is 0 Å². The Bertz CT molecular complexity index is 2890. The monoisotopic (exact) mass is 623 g/mol. The predicted octanol–water partition coefficient (Wildman–Crippen LogP) is 11.6. The molecule has 47 heavy (non-hydrogen) atoms. The SMILES string of the molecule is Clc1ccc2oc3ccc4ccc(-c5nc(-c6ccc7ccccc7c6)nc(-c6ccc7oc8ccccc8c7c6)n5)cc4c3c2c1. The van der Waals surface area contributed by atoms with Crippen molar-refractivity contribution in [2.24, 2.45) is 0 Å². The standard InChI is InChI=1S/C41H22ClN3O2/c42-29-15-18-36-33(22-29)38-31-20-27(12-10-24(31)13-17-37(38)47-36)40-43-39(26-11-9-23-5-1-2-6-25(23)19-26)44-41(45-40)28-14-16-35-32(21-28)30-7-3-4-8-34(30)46-35/h1-22H. The predicted molar refractivity (Wildman–Crippen MR) is 191 cm³/mol. The van der Waals surface area contributed by atoms with Crippen LogP contribution in [0, 0.1) is 0 Å². The quantitative estimate of drug-likeness (QED) is 0.196. The zero-order valence-corrected chi connectivity index (χ0v) is 25.5. The van der Waals surface area contributed by atoms with Crippen LogP contribution in [0.2, 0.25) is 5.02 Å². The zero-order chi connectivity index (χ0) is 31.1. The number of para-hydroxylation sites is 1. The van der Waals surface area contributed by atoms with E-state index < -0.39 is 0 Å². The largest absolute Gasteiger partial charge is 0.456 e. The van der Waals surface area contributed by atoms with E-state index >= 15 is 0 Å². The number of halogens is 1. The first-order valence-corrected chi connectivity index (χ1v) is 15.7. The summed E-state index contributed by atoms with van der Waals surface area (Å²) in [4.78, 5) is 15.2. The molecular formula is C41H22ClN3O2. The number of fused-ring (bicyclic) bond motifs is 9. The molecule has 0 saturated carbocycles. The van der Waals surface area contributed by atoms with E-state index in [2.05, 4.69) is 66.7 Å². The highest BCUT2D eigenvalue weighted by Crippen LogP contribution is 2.38. The lowest BCUT2D eigenvalue weighted by Gasteiger charge is -2.10. The molecule has 220 valence electrons. The molecule has 0 spiro atoms. The summed E-state index contributed by atoms with van der Waals surface area (Å²) in [6, 6.07) is 45.0.